The zero-order valence-electron chi connectivity index (χ0n) is 10.4. The molecule has 0 radical (unpaired) electrons. The first-order valence-electron chi connectivity index (χ1n) is 5.74. The molecule has 0 bridgehead atoms. The number of hydrogen-bond donors (Lipinski definition) is 1. The van der Waals surface area contributed by atoms with Crippen molar-refractivity contribution < 1.29 is 5.11 Å². The Morgan fingerprint density at radius 1 is 1.29 bits per heavy atom. The second-order valence-electron chi connectivity index (χ2n) is 4.15. The van der Waals surface area contributed by atoms with E-state index in [9.17, 15) is 5.11 Å². The van der Waals surface area contributed by atoms with Gasteiger partial charge in [-0.1, -0.05) is 23.7 Å². The molecule has 1 aromatic rings. The van der Waals surface area contributed by atoms with Crippen LogP contribution >= 0.6 is 23.4 Å². The highest BCUT2D eigenvalue weighted by Gasteiger charge is 2.08. The molecule has 17 heavy (non-hydrogen) atoms. The fraction of sp³-hybridized carbons (Fsp3) is 0.538. The Bertz CT molecular complexity index is 318. The first-order chi connectivity index (χ1) is 8.13. The summed E-state index contributed by atoms with van der Waals surface area (Å²) in [6, 6.07) is 7.40. The summed E-state index contributed by atoms with van der Waals surface area (Å²) < 4.78 is 0. The Balaban J connectivity index is 2.34. The first-order valence-corrected chi connectivity index (χ1v) is 7.51. The van der Waals surface area contributed by atoms with Crippen LogP contribution in [0.15, 0.2) is 24.3 Å². The maximum atomic E-state index is 10.0. The molecule has 1 rings (SSSR count). The minimum absolute atomic E-state index is 0.399. The number of aliphatic hydroxyl groups is 1. The van der Waals surface area contributed by atoms with Gasteiger partial charge in [-0.2, -0.15) is 11.8 Å². The maximum absolute atomic E-state index is 10.0. The highest BCUT2D eigenvalue weighted by Crippen LogP contribution is 2.19. The predicted octanol–water partition coefficient (Wildman–Crippen LogP) is 3.06. The molecule has 0 aliphatic heterocycles. The molecule has 2 nitrogen and oxygen atoms in total. The molecular weight excluding hydrogens is 254 g/mol. The normalized spacial score (nSPS) is 13.0. The Hall–Kier alpha value is -0.220. The van der Waals surface area contributed by atoms with Gasteiger partial charge in [0.2, 0.25) is 0 Å². The van der Waals surface area contributed by atoms with E-state index in [0.717, 1.165) is 30.8 Å². The number of benzene rings is 1. The van der Waals surface area contributed by atoms with Crippen LogP contribution in [0.1, 0.15) is 18.1 Å². The number of rotatable bonds is 7. The van der Waals surface area contributed by atoms with Crippen LogP contribution in [0.4, 0.5) is 0 Å². The second kappa shape index (κ2) is 7.98. The second-order valence-corrected chi connectivity index (χ2v) is 5.57. The largest absolute Gasteiger partial charge is 0.388 e. The minimum Gasteiger partial charge on any atom is -0.388 e. The van der Waals surface area contributed by atoms with Gasteiger partial charge in [0.1, 0.15) is 0 Å². The van der Waals surface area contributed by atoms with Crippen molar-refractivity contribution >= 4 is 23.4 Å². The van der Waals surface area contributed by atoms with E-state index in [1.165, 1.54) is 0 Å². The van der Waals surface area contributed by atoms with Gasteiger partial charge in [0.15, 0.2) is 0 Å². The lowest BCUT2D eigenvalue weighted by molar-refractivity contribution is 0.150. The van der Waals surface area contributed by atoms with E-state index in [1.807, 2.05) is 36.0 Å². The van der Waals surface area contributed by atoms with E-state index >= 15 is 0 Å². The van der Waals surface area contributed by atoms with Crippen molar-refractivity contribution in [2.75, 3.05) is 32.1 Å². The van der Waals surface area contributed by atoms with Crippen molar-refractivity contribution in [2.24, 2.45) is 0 Å². The maximum Gasteiger partial charge on any atom is 0.0802 e. The summed E-state index contributed by atoms with van der Waals surface area (Å²) in [4.78, 5) is 2.25. The Kier molecular flexibility index (Phi) is 6.97. The van der Waals surface area contributed by atoms with E-state index in [0.29, 0.717) is 5.02 Å². The third kappa shape index (κ3) is 5.77. The molecule has 4 heteroatoms. The molecule has 0 heterocycles. The summed E-state index contributed by atoms with van der Waals surface area (Å²) in [6.07, 6.45) is 2.46. The fourth-order valence-corrected chi connectivity index (χ4v) is 2.17. The zero-order chi connectivity index (χ0) is 12.7. The van der Waals surface area contributed by atoms with Crippen LogP contribution in [-0.2, 0) is 0 Å². The molecule has 1 atom stereocenters. The number of halogens is 1. The van der Waals surface area contributed by atoms with Crippen LogP contribution in [0.2, 0.25) is 5.02 Å². The first kappa shape index (κ1) is 14.8. The summed E-state index contributed by atoms with van der Waals surface area (Å²) in [5.74, 6) is 1.13. The van der Waals surface area contributed by atoms with Crippen LogP contribution in [0, 0.1) is 0 Å². The lowest BCUT2D eigenvalue weighted by Crippen LogP contribution is -2.23. The topological polar surface area (TPSA) is 23.5 Å². The SMILES string of the molecule is CSCCN(C)CCC(O)c1ccc(Cl)cc1. The van der Waals surface area contributed by atoms with Gasteiger partial charge in [0.25, 0.3) is 0 Å². The van der Waals surface area contributed by atoms with E-state index in [1.54, 1.807) is 0 Å². The van der Waals surface area contributed by atoms with Crippen molar-refractivity contribution in [3.05, 3.63) is 34.9 Å². The van der Waals surface area contributed by atoms with Crippen LogP contribution < -0.4 is 0 Å². The van der Waals surface area contributed by atoms with Crippen molar-refractivity contribution in [3.8, 4) is 0 Å². The molecule has 0 aromatic heterocycles. The lowest BCUT2D eigenvalue weighted by Gasteiger charge is -2.18. The number of hydrogen-bond acceptors (Lipinski definition) is 3. The molecule has 1 aromatic carbocycles. The van der Waals surface area contributed by atoms with Gasteiger partial charge in [-0.05, 0) is 37.4 Å². The van der Waals surface area contributed by atoms with E-state index in [-0.39, 0.29) is 0 Å². The highest BCUT2D eigenvalue weighted by atomic mass is 35.5. The Morgan fingerprint density at radius 3 is 2.53 bits per heavy atom. The number of nitrogens with zero attached hydrogens (tertiary/aromatic N) is 1. The standard InChI is InChI=1S/C13H20ClNOS/c1-15(9-10-17-2)8-7-13(16)11-3-5-12(14)6-4-11/h3-6,13,16H,7-10H2,1-2H3. The molecule has 96 valence electrons. The van der Waals surface area contributed by atoms with E-state index < -0.39 is 6.10 Å². The van der Waals surface area contributed by atoms with Crippen molar-refractivity contribution in [1.82, 2.24) is 4.90 Å². The molecule has 0 saturated carbocycles. The van der Waals surface area contributed by atoms with Gasteiger partial charge in [-0.3, -0.25) is 0 Å². The average molecular weight is 274 g/mol. The summed E-state index contributed by atoms with van der Waals surface area (Å²) in [5.41, 5.74) is 0.938. The molecule has 0 fully saturated rings. The number of aliphatic hydroxyl groups excluding tert-OH is 1. The molecule has 0 aliphatic rings. The Morgan fingerprint density at radius 2 is 1.94 bits per heavy atom. The van der Waals surface area contributed by atoms with Gasteiger partial charge in [0, 0.05) is 23.9 Å². The Labute approximate surface area is 113 Å². The summed E-state index contributed by atoms with van der Waals surface area (Å²) in [7, 11) is 2.09. The van der Waals surface area contributed by atoms with E-state index in [2.05, 4.69) is 18.2 Å². The van der Waals surface area contributed by atoms with Gasteiger partial charge in [-0.25, -0.2) is 0 Å². The quantitative estimate of drug-likeness (QED) is 0.826. The summed E-state index contributed by atoms with van der Waals surface area (Å²) in [5, 5.41) is 10.7. The monoisotopic (exact) mass is 273 g/mol. The van der Waals surface area contributed by atoms with E-state index in [4.69, 9.17) is 11.6 Å². The summed E-state index contributed by atoms with van der Waals surface area (Å²) >= 11 is 7.65. The smallest absolute Gasteiger partial charge is 0.0802 e. The van der Waals surface area contributed by atoms with Crippen LogP contribution in [0.5, 0.6) is 0 Å². The summed E-state index contributed by atoms with van der Waals surface area (Å²) in [6.45, 7) is 1.97. The molecule has 0 aliphatic carbocycles. The average Bonchev–Trinajstić information content (AvgIpc) is 2.34. The van der Waals surface area contributed by atoms with Crippen LogP contribution in [0.3, 0.4) is 0 Å². The van der Waals surface area contributed by atoms with Gasteiger partial charge in [0.05, 0.1) is 6.10 Å². The van der Waals surface area contributed by atoms with Gasteiger partial charge in [-0.15, -0.1) is 0 Å². The zero-order valence-corrected chi connectivity index (χ0v) is 12.0. The molecule has 1 unspecified atom stereocenters. The lowest BCUT2D eigenvalue weighted by atomic mass is 10.1. The van der Waals surface area contributed by atoms with Crippen molar-refractivity contribution in [2.45, 2.75) is 12.5 Å². The van der Waals surface area contributed by atoms with Gasteiger partial charge >= 0.3 is 0 Å². The van der Waals surface area contributed by atoms with Gasteiger partial charge < -0.3 is 10.0 Å². The minimum atomic E-state index is -0.399. The third-order valence-electron chi connectivity index (χ3n) is 2.72. The van der Waals surface area contributed by atoms with Crippen LogP contribution in [0.25, 0.3) is 0 Å². The number of thioether (sulfide) groups is 1. The van der Waals surface area contributed by atoms with Crippen molar-refractivity contribution in [3.63, 3.8) is 0 Å². The third-order valence-corrected chi connectivity index (χ3v) is 3.56. The molecule has 1 N–H and O–H groups in total. The van der Waals surface area contributed by atoms with Crippen LogP contribution in [-0.4, -0.2) is 42.2 Å². The highest BCUT2D eigenvalue weighted by molar-refractivity contribution is 7.98. The van der Waals surface area contributed by atoms with Crippen molar-refractivity contribution in [1.29, 1.82) is 0 Å². The molecule has 0 saturated heterocycles. The fourth-order valence-electron chi connectivity index (χ4n) is 1.55. The predicted molar refractivity (Wildman–Crippen MR) is 76.9 cm³/mol. The molecular formula is C13H20ClNOS. The molecule has 0 amide bonds. The molecule has 0 spiro atoms.